The number of aromatic nitrogens is 3. The first kappa shape index (κ1) is 14.4. The van der Waals surface area contributed by atoms with Crippen LogP contribution in [0, 0.1) is 12.7 Å². The molecule has 4 rings (SSSR count). The lowest BCUT2D eigenvalue weighted by atomic mass is 10.0. The fraction of sp³-hybridized carbons (Fsp3) is 0.111. The van der Waals surface area contributed by atoms with E-state index in [1.165, 1.54) is 13.2 Å². The van der Waals surface area contributed by atoms with Gasteiger partial charge in [0.2, 0.25) is 0 Å². The smallest absolute Gasteiger partial charge is 0.165 e. The number of fused-ring (bicyclic) bond motifs is 3. The Kier molecular flexibility index (Phi) is 3.13. The highest BCUT2D eigenvalue weighted by Gasteiger charge is 2.17. The Bertz CT molecular complexity index is 1070. The maximum Gasteiger partial charge on any atom is 0.165 e. The number of ether oxygens (including phenoxy) is 1. The molecule has 0 unspecified atom stereocenters. The van der Waals surface area contributed by atoms with Crippen molar-refractivity contribution in [2.75, 3.05) is 7.11 Å². The molecule has 2 aromatic carbocycles. The summed E-state index contributed by atoms with van der Waals surface area (Å²) in [5.74, 6) is -0.117. The lowest BCUT2D eigenvalue weighted by Crippen LogP contribution is -1.93. The number of hydrogen-bond acceptors (Lipinski definition) is 4. The van der Waals surface area contributed by atoms with Gasteiger partial charge < -0.3 is 9.84 Å². The number of rotatable bonds is 2. The molecule has 0 amide bonds. The Morgan fingerprint density at radius 3 is 2.58 bits per heavy atom. The second kappa shape index (κ2) is 5.19. The van der Waals surface area contributed by atoms with Gasteiger partial charge in [-0.3, -0.25) is 5.10 Å². The number of aromatic hydroxyl groups is 1. The summed E-state index contributed by atoms with van der Waals surface area (Å²) in [5.41, 5.74) is 2.80. The van der Waals surface area contributed by atoms with Crippen molar-refractivity contribution in [3.8, 4) is 22.8 Å². The fourth-order valence-corrected chi connectivity index (χ4v) is 2.95. The van der Waals surface area contributed by atoms with E-state index in [4.69, 9.17) is 4.74 Å². The van der Waals surface area contributed by atoms with Crippen LogP contribution in [0.15, 0.2) is 36.4 Å². The molecule has 4 aromatic rings. The number of nitrogens with one attached hydrogen (secondary N) is 1. The van der Waals surface area contributed by atoms with Crippen molar-refractivity contribution in [2.45, 2.75) is 6.92 Å². The van der Waals surface area contributed by atoms with Gasteiger partial charge in [-0.2, -0.15) is 5.10 Å². The lowest BCUT2D eigenvalue weighted by molar-refractivity contribution is 0.387. The van der Waals surface area contributed by atoms with Crippen LogP contribution in [-0.4, -0.2) is 27.4 Å². The van der Waals surface area contributed by atoms with Gasteiger partial charge in [0.15, 0.2) is 17.2 Å². The van der Waals surface area contributed by atoms with E-state index in [-0.39, 0.29) is 11.5 Å². The van der Waals surface area contributed by atoms with Crippen molar-refractivity contribution < 1.29 is 14.2 Å². The highest BCUT2D eigenvalue weighted by Crippen LogP contribution is 2.36. The van der Waals surface area contributed by atoms with Crippen LogP contribution >= 0.6 is 0 Å². The van der Waals surface area contributed by atoms with Crippen LogP contribution in [0.5, 0.6) is 11.5 Å². The highest BCUT2D eigenvalue weighted by atomic mass is 19.1. The number of aromatic amines is 1. The third kappa shape index (κ3) is 2.07. The first-order valence-corrected chi connectivity index (χ1v) is 7.40. The van der Waals surface area contributed by atoms with Crippen molar-refractivity contribution in [1.82, 2.24) is 15.2 Å². The van der Waals surface area contributed by atoms with E-state index < -0.39 is 5.82 Å². The Morgan fingerprint density at radius 1 is 1.12 bits per heavy atom. The number of halogens is 1. The van der Waals surface area contributed by atoms with Gasteiger partial charge in [-0.15, -0.1) is 0 Å². The van der Waals surface area contributed by atoms with Crippen LogP contribution in [0.2, 0.25) is 0 Å². The maximum absolute atomic E-state index is 14.3. The maximum atomic E-state index is 14.3. The standard InChI is InChI=1S/C18H14FN3O2/c1-9-16-12-8-15(24-2)14(19)7-13(12)17(20-18(16)22-21-9)10-3-5-11(23)6-4-10/h3-8,23H,1-2H3,(H,20,21,22). The number of aryl methyl sites for hydroxylation is 1. The van der Waals surface area contributed by atoms with E-state index in [0.717, 1.165) is 22.0 Å². The molecule has 0 radical (unpaired) electrons. The zero-order chi connectivity index (χ0) is 16.8. The molecular weight excluding hydrogens is 309 g/mol. The Hall–Kier alpha value is -3.15. The van der Waals surface area contributed by atoms with Crippen molar-refractivity contribution in [1.29, 1.82) is 0 Å². The van der Waals surface area contributed by atoms with E-state index in [2.05, 4.69) is 15.2 Å². The molecule has 5 nitrogen and oxygen atoms in total. The molecular formula is C18H14FN3O2. The van der Waals surface area contributed by atoms with Gasteiger partial charge >= 0.3 is 0 Å². The summed E-state index contributed by atoms with van der Waals surface area (Å²) >= 11 is 0. The predicted octanol–water partition coefficient (Wildman–Crippen LogP) is 3.94. The average molecular weight is 323 g/mol. The van der Waals surface area contributed by atoms with Gasteiger partial charge in [0.25, 0.3) is 0 Å². The minimum absolute atomic E-state index is 0.161. The zero-order valence-electron chi connectivity index (χ0n) is 13.1. The molecule has 0 fully saturated rings. The molecule has 0 saturated heterocycles. The first-order valence-electron chi connectivity index (χ1n) is 7.40. The first-order chi connectivity index (χ1) is 11.6. The Balaban J connectivity index is 2.15. The molecule has 0 spiro atoms. The second-order valence-electron chi connectivity index (χ2n) is 5.57. The number of hydrogen-bond donors (Lipinski definition) is 2. The minimum atomic E-state index is -0.452. The molecule has 6 heteroatoms. The molecule has 0 aliphatic rings. The summed E-state index contributed by atoms with van der Waals surface area (Å²) < 4.78 is 19.4. The number of methoxy groups -OCH3 is 1. The van der Waals surface area contributed by atoms with Crippen LogP contribution in [-0.2, 0) is 0 Å². The van der Waals surface area contributed by atoms with E-state index in [0.29, 0.717) is 16.7 Å². The highest BCUT2D eigenvalue weighted by molar-refractivity contribution is 6.11. The molecule has 0 atom stereocenters. The van der Waals surface area contributed by atoms with E-state index in [1.807, 2.05) is 6.92 Å². The van der Waals surface area contributed by atoms with Gasteiger partial charge in [-0.1, -0.05) is 0 Å². The van der Waals surface area contributed by atoms with Crippen molar-refractivity contribution in [3.05, 3.63) is 47.9 Å². The number of phenolic OH excluding ortho intramolecular Hbond substituents is 1. The molecule has 0 aliphatic heterocycles. The Labute approximate surface area is 136 Å². The number of H-pyrrole nitrogens is 1. The summed E-state index contributed by atoms with van der Waals surface area (Å²) in [6, 6.07) is 9.73. The molecule has 0 aliphatic carbocycles. The third-order valence-corrected chi connectivity index (χ3v) is 4.11. The molecule has 0 saturated carbocycles. The molecule has 2 heterocycles. The van der Waals surface area contributed by atoms with Crippen molar-refractivity contribution in [3.63, 3.8) is 0 Å². The second-order valence-corrected chi connectivity index (χ2v) is 5.57. The van der Waals surface area contributed by atoms with Crippen LogP contribution in [0.25, 0.3) is 33.1 Å². The summed E-state index contributed by atoms with van der Waals surface area (Å²) in [6.45, 7) is 1.87. The number of nitrogens with zero attached hydrogens (tertiary/aromatic N) is 2. The average Bonchev–Trinajstić information content (AvgIpc) is 2.95. The van der Waals surface area contributed by atoms with Gasteiger partial charge in [-0.05, 0) is 43.3 Å². The van der Waals surface area contributed by atoms with Gasteiger partial charge in [-0.25, -0.2) is 9.37 Å². The molecule has 24 heavy (non-hydrogen) atoms. The number of benzene rings is 2. The normalized spacial score (nSPS) is 11.3. The molecule has 2 N–H and O–H groups in total. The number of phenols is 1. The largest absolute Gasteiger partial charge is 0.508 e. The number of pyridine rings is 1. The Morgan fingerprint density at radius 2 is 1.88 bits per heavy atom. The monoisotopic (exact) mass is 323 g/mol. The molecule has 120 valence electrons. The van der Waals surface area contributed by atoms with E-state index >= 15 is 0 Å². The SMILES string of the molecule is COc1cc2c(cc1F)c(-c1ccc(O)cc1)nc1[nH]nc(C)c12. The topological polar surface area (TPSA) is 71.0 Å². The molecule has 0 bridgehead atoms. The summed E-state index contributed by atoms with van der Waals surface area (Å²) in [6.07, 6.45) is 0. The predicted molar refractivity (Wildman–Crippen MR) is 89.7 cm³/mol. The molecule has 2 aromatic heterocycles. The van der Waals surface area contributed by atoms with Crippen molar-refractivity contribution >= 4 is 21.8 Å². The van der Waals surface area contributed by atoms with Crippen LogP contribution in [0.4, 0.5) is 4.39 Å². The quantitative estimate of drug-likeness (QED) is 0.586. The van der Waals surface area contributed by atoms with Crippen LogP contribution in [0.1, 0.15) is 5.69 Å². The van der Waals surface area contributed by atoms with Crippen LogP contribution < -0.4 is 4.74 Å². The summed E-state index contributed by atoms with van der Waals surface area (Å²) in [7, 11) is 1.44. The van der Waals surface area contributed by atoms with Crippen LogP contribution in [0.3, 0.4) is 0 Å². The van der Waals surface area contributed by atoms with E-state index in [9.17, 15) is 9.50 Å². The lowest BCUT2D eigenvalue weighted by Gasteiger charge is -2.10. The van der Waals surface area contributed by atoms with Crippen molar-refractivity contribution in [2.24, 2.45) is 0 Å². The fourth-order valence-electron chi connectivity index (χ4n) is 2.95. The summed E-state index contributed by atoms with van der Waals surface area (Å²) in [5, 5.41) is 18.9. The third-order valence-electron chi connectivity index (χ3n) is 4.11. The summed E-state index contributed by atoms with van der Waals surface area (Å²) in [4.78, 5) is 4.61. The minimum Gasteiger partial charge on any atom is -0.508 e. The van der Waals surface area contributed by atoms with Gasteiger partial charge in [0, 0.05) is 21.7 Å². The van der Waals surface area contributed by atoms with Gasteiger partial charge in [0.1, 0.15) is 5.75 Å². The van der Waals surface area contributed by atoms with E-state index in [1.54, 1.807) is 30.3 Å². The zero-order valence-corrected chi connectivity index (χ0v) is 13.1. The van der Waals surface area contributed by atoms with Gasteiger partial charge in [0.05, 0.1) is 18.5 Å².